The van der Waals surface area contributed by atoms with Crippen LogP contribution in [-0.2, 0) is 30.3 Å². The monoisotopic (exact) mass is 564 g/mol. The Morgan fingerprint density at radius 3 is 2.32 bits per heavy atom. The fourth-order valence-corrected chi connectivity index (χ4v) is 4.27. The number of amides is 3. The maximum atomic E-state index is 14.2. The fraction of sp³-hybridized carbons (Fsp3) is 0.452. The highest BCUT2D eigenvalue weighted by Crippen LogP contribution is 2.27. The Labute approximate surface area is 242 Å². The zero-order valence-corrected chi connectivity index (χ0v) is 24.7. The summed E-state index contributed by atoms with van der Waals surface area (Å²) in [5.74, 6) is -1.67. The van der Waals surface area contributed by atoms with Gasteiger partial charge in [-0.15, -0.1) is 0 Å². The Bertz CT molecular complexity index is 1250. The molecule has 3 amide bonds. The van der Waals surface area contributed by atoms with Gasteiger partial charge in [0.1, 0.15) is 24.2 Å². The van der Waals surface area contributed by atoms with Crippen LogP contribution in [0.15, 0.2) is 48.5 Å². The van der Waals surface area contributed by atoms with Gasteiger partial charge in [-0.05, 0) is 58.2 Å². The minimum Gasteiger partial charge on any atom is -0.466 e. The molecule has 2 atom stereocenters. The van der Waals surface area contributed by atoms with Crippen molar-refractivity contribution in [1.82, 2.24) is 15.5 Å². The molecular weight excluding hydrogens is 524 g/mol. The molecule has 0 bridgehead atoms. The van der Waals surface area contributed by atoms with Crippen LogP contribution in [0.25, 0.3) is 0 Å². The van der Waals surface area contributed by atoms with Gasteiger partial charge in [0.2, 0.25) is 11.8 Å². The molecule has 10 nitrogen and oxygen atoms in total. The zero-order valence-electron chi connectivity index (χ0n) is 24.7. The van der Waals surface area contributed by atoms with E-state index in [0.717, 1.165) is 21.6 Å². The second-order valence-electron chi connectivity index (χ2n) is 10.6. The van der Waals surface area contributed by atoms with Crippen molar-refractivity contribution in [2.24, 2.45) is 0 Å². The zero-order chi connectivity index (χ0) is 30.6. The van der Waals surface area contributed by atoms with E-state index in [1.54, 1.807) is 33.8 Å². The minimum atomic E-state index is -1.20. The molecule has 2 N–H and O–H groups in total. The average molecular weight is 565 g/mol. The summed E-state index contributed by atoms with van der Waals surface area (Å²) in [6, 6.07) is 14.2. The third-order valence-corrected chi connectivity index (χ3v) is 6.01. The summed E-state index contributed by atoms with van der Waals surface area (Å²) >= 11 is 0. The third kappa shape index (κ3) is 10.6. The normalized spacial score (nSPS) is 12.3. The first kappa shape index (κ1) is 32.8. The Kier molecular flexibility index (Phi) is 12.3. The van der Waals surface area contributed by atoms with Gasteiger partial charge >= 0.3 is 12.1 Å². The molecule has 220 valence electrons. The van der Waals surface area contributed by atoms with Crippen LogP contribution < -0.4 is 10.6 Å². The van der Waals surface area contributed by atoms with E-state index in [2.05, 4.69) is 10.6 Å². The molecule has 0 aliphatic rings. The van der Waals surface area contributed by atoms with Crippen LogP contribution in [0, 0.1) is 25.2 Å². The first-order valence-corrected chi connectivity index (χ1v) is 13.6. The number of benzene rings is 2. The molecule has 0 heterocycles. The van der Waals surface area contributed by atoms with Gasteiger partial charge in [0.15, 0.2) is 0 Å². The number of hydrogen-bond acceptors (Lipinski definition) is 7. The molecule has 0 aromatic heterocycles. The summed E-state index contributed by atoms with van der Waals surface area (Å²) in [5, 5.41) is 15.1. The second kappa shape index (κ2) is 15.4. The maximum Gasteiger partial charge on any atom is 0.408 e. The van der Waals surface area contributed by atoms with Crippen molar-refractivity contribution in [3.8, 4) is 6.07 Å². The van der Waals surface area contributed by atoms with Gasteiger partial charge in [0.05, 0.1) is 19.1 Å². The summed E-state index contributed by atoms with van der Waals surface area (Å²) < 4.78 is 10.3. The van der Waals surface area contributed by atoms with Crippen LogP contribution in [0.1, 0.15) is 62.4 Å². The lowest BCUT2D eigenvalue weighted by atomic mass is 9.95. The number of ether oxygens (including phenoxy) is 2. The van der Waals surface area contributed by atoms with Crippen molar-refractivity contribution < 1.29 is 28.7 Å². The summed E-state index contributed by atoms with van der Waals surface area (Å²) in [5.41, 5.74) is 2.17. The van der Waals surface area contributed by atoms with Crippen molar-refractivity contribution in [2.45, 2.75) is 72.1 Å². The molecule has 0 saturated carbocycles. The summed E-state index contributed by atoms with van der Waals surface area (Å²) in [4.78, 5) is 53.6. The molecule has 0 saturated heterocycles. The Balaban J connectivity index is 2.50. The number of nitrogens with one attached hydrogen (secondary N) is 2. The van der Waals surface area contributed by atoms with Gasteiger partial charge in [-0.25, -0.2) is 4.79 Å². The lowest BCUT2D eigenvalue weighted by Crippen LogP contribution is -2.54. The lowest BCUT2D eigenvalue weighted by molar-refractivity contribution is -0.144. The predicted molar refractivity (Wildman–Crippen MR) is 154 cm³/mol. The van der Waals surface area contributed by atoms with Crippen molar-refractivity contribution in [3.63, 3.8) is 0 Å². The topological polar surface area (TPSA) is 138 Å². The number of hydrogen-bond donors (Lipinski definition) is 2. The predicted octanol–water partition coefficient (Wildman–Crippen LogP) is 3.90. The van der Waals surface area contributed by atoms with Gasteiger partial charge in [-0.1, -0.05) is 54.1 Å². The Hall–Kier alpha value is -4.39. The van der Waals surface area contributed by atoms with Gasteiger partial charge in [0.25, 0.3) is 0 Å². The van der Waals surface area contributed by atoms with E-state index in [4.69, 9.17) is 9.47 Å². The van der Waals surface area contributed by atoms with Crippen molar-refractivity contribution in [1.29, 1.82) is 5.26 Å². The van der Waals surface area contributed by atoms with Gasteiger partial charge < -0.3 is 25.0 Å². The van der Waals surface area contributed by atoms with Crippen LogP contribution in [-0.4, -0.2) is 60.1 Å². The van der Waals surface area contributed by atoms with Gasteiger partial charge in [-0.2, -0.15) is 5.26 Å². The molecule has 2 aromatic carbocycles. The molecule has 0 aliphatic heterocycles. The van der Waals surface area contributed by atoms with E-state index < -0.39 is 48.1 Å². The second-order valence-corrected chi connectivity index (χ2v) is 10.6. The van der Waals surface area contributed by atoms with E-state index in [9.17, 15) is 24.4 Å². The Morgan fingerprint density at radius 2 is 1.73 bits per heavy atom. The van der Waals surface area contributed by atoms with Crippen LogP contribution in [0.2, 0.25) is 0 Å². The van der Waals surface area contributed by atoms with Crippen LogP contribution in [0.4, 0.5) is 4.79 Å². The van der Waals surface area contributed by atoms with Gasteiger partial charge in [0, 0.05) is 13.0 Å². The van der Waals surface area contributed by atoms with Crippen molar-refractivity contribution in [3.05, 3.63) is 70.8 Å². The first-order chi connectivity index (χ1) is 19.4. The molecular formula is C31H40N4O6. The van der Waals surface area contributed by atoms with Crippen LogP contribution >= 0.6 is 0 Å². The quantitative estimate of drug-likeness (QED) is 0.295. The standard InChI is InChI=1S/C31H40N4O6/c1-7-40-26(36)15-17-33-28(37)27(24-14-13-21(2)19-22(24)3)35(18-16-32)29(38)25(20-23-11-9-8-10-12-23)34-30(39)41-31(4,5)6/h8-14,19,25,27H,7,15,17-18,20H2,1-6H3,(H,33,37)(H,34,39). The van der Waals surface area contributed by atoms with E-state index in [1.165, 1.54) is 0 Å². The number of esters is 1. The van der Waals surface area contributed by atoms with Gasteiger partial charge in [-0.3, -0.25) is 14.4 Å². The van der Waals surface area contributed by atoms with Crippen molar-refractivity contribution in [2.75, 3.05) is 19.7 Å². The summed E-state index contributed by atoms with van der Waals surface area (Å²) in [6.07, 6.45) is -0.752. The number of rotatable bonds is 12. The smallest absolute Gasteiger partial charge is 0.408 e. The SMILES string of the molecule is CCOC(=O)CCNC(=O)C(c1ccc(C)cc1C)N(CC#N)C(=O)C(Cc1ccccc1)NC(=O)OC(C)(C)C. The molecule has 2 unspecified atom stereocenters. The van der Waals surface area contributed by atoms with E-state index in [1.807, 2.05) is 62.4 Å². The molecule has 0 radical (unpaired) electrons. The average Bonchev–Trinajstić information content (AvgIpc) is 2.88. The Morgan fingerprint density at radius 1 is 1.05 bits per heavy atom. The lowest BCUT2D eigenvalue weighted by Gasteiger charge is -2.33. The molecule has 0 spiro atoms. The number of nitriles is 1. The molecule has 10 heteroatoms. The largest absolute Gasteiger partial charge is 0.466 e. The first-order valence-electron chi connectivity index (χ1n) is 13.6. The highest BCUT2D eigenvalue weighted by atomic mass is 16.6. The van der Waals surface area contributed by atoms with Crippen molar-refractivity contribution >= 4 is 23.9 Å². The van der Waals surface area contributed by atoms with E-state index in [0.29, 0.717) is 5.56 Å². The van der Waals surface area contributed by atoms with E-state index >= 15 is 0 Å². The number of nitrogens with zero attached hydrogens (tertiary/aromatic N) is 2. The van der Waals surface area contributed by atoms with Crippen LogP contribution in [0.3, 0.4) is 0 Å². The molecule has 0 aliphatic carbocycles. The highest BCUT2D eigenvalue weighted by Gasteiger charge is 2.37. The number of aryl methyl sites for hydroxylation is 2. The number of carbonyl (C=O) groups excluding carboxylic acids is 4. The third-order valence-electron chi connectivity index (χ3n) is 6.01. The maximum absolute atomic E-state index is 14.2. The molecule has 2 rings (SSSR count). The number of alkyl carbamates (subject to hydrolysis) is 1. The fourth-order valence-electron chi connectivity index (χ4n) is 4.27. The molecule has 41 heavy (non-hydrogen) atoms. The molecule has 0 fully saturated rings. The van der Waals surface area contributed by atoms with E-state index in [-0.39, 0.29) is 26.0 Å². The number of carbonyl (C=O) groups is 4. The highest BCUT2D eigenvalue weighted by molar-refractivity contribution is 5.92. The minimum absolute atomic E-state index is 0.0166. The van der Waals surface area contributed by atoms with Crippen LogP contribution in [0.5, 0.6) is 0 Å². The molecule has 2 aromatic rings. The summed E-state index contributed by atoms with van der Waals surface area (Å²) in [7, 11) is 0. The summed E-state index contributed by atoms with van der Waals surface area (Å²) in [6.45, 7) is 10.3.